The zero-order valence-corrected chi connectivity index (χ0v) is 22.6. The SMILES string of the molecule is C=C(C)C(=O)OCCC[N+](C)(C)CC(O)CCCCCCCCCCCCCCCC.[Cl-]. The molecule has 1 N–H and O–H groups in total. The summed E-state index contributed by atoms with van der Waals surface area (Å²) in [5.74, 6) is -0.317. The molecule has 32 heavy (non-hydrogen) atoms. The first kappa shape index (κ1) is 33.6. The summed E-state index contributed by atoms with van der Waals surface area (Å²) in [6, 6.07) is 0. The Labute approximate surface area is 206 Å². The van der Waals surface area contributed by atoms with Crippen molar-refractivity contribution in [3.8, 4) is 0 Å². The molecule has 192 valence electrons. The van der Waals surface area contributed by atoms with Crippen molar-refractivity contribution in [2.24, 2.45) is 0 Å². The number of aliphatic hydroxyl groups is 1. The lowest BCUT2D eigenvalue weighted by Gasteiger charge is -2.32. The molecule has 0 spiro atoms. The van der Waals surface area contributed by atoms with Gasteiger partial charge in [0.05, 0.1) is 27.2 Å². The van der Waals surface area contributed by atoms with E-state index >= 15 is 0 Å². The standard InChI is InChI=1S/C27H54NO3.ClH/c1-6-7-8-9-10-11-12-13-14-15-16-17-18-19-21-26(29)24-28(4,5)22-20-23-31-27(30)25(2)3;/h26,29H,2,6-24H2,1,3-5H3;1H/q+1;/p-1. The van der Waals surface area contributed by atoms with E-state index in [-0.39, 0.29) is 24.5 Å². The zero-order valence-electron chi connectivity index (χ0n) is 21.8. The fourth-order valence-corrected chi connectivity index (χ4v) is 4.11. The summed E-state index contributed by atoms with van der Waals surface area (Å²) in [5, 5.41) is 10.4. The van der Waals surface area contributed by atoms with Gasteiger partial charge in [-0.15, -0.1) is 0 Å². The Bertz CT molecular complexity index is 454. The molecule has 0 fully saturated rings. The molecule has 0 saturated heterocycles. The third-order valence-corrected chi connectivity index (χ3v) is 6.09. The van der Waals surface area contributed by atoms with E-state index in [0.29, 0.717) is 12.2 Å². The van der Waals surface area contributed by atoms with Crippen LogP contribution >= 0.6 is 0 Å². The molecule has 0 bridgehead atoms. The summed E-state index contributed by atoms with van der Waals surface area (Å²) in [6.45, 7) is 9.59. The average Bonchev–Trinajstić information content (AvgIpc) is 2.70. The van der Waals surface area contributed by atoms with Gasteiger partial charge < -0.3 is 26.7 Å². The van der Waals surface area contributed by atoms with Crippen LogP contribution in [0, 0.1) is 0 Å². The molecular formula is C27H54ClNO3. The Kier molecular flexibility index (Phi) is 23.3. The molecule has 1 atom stereocenters. The molecule has 0 heterocycles. The quantitative estimate of drug-likeness (QED) is 0.112. The van der Waals surface area contributed by atoms with Gasteiger partial charge in [0.1, 0.15) is 12.6 Å². The van der Waals surface area contributed by atoms with Crippen LogP contribution in [0.4, 0.5) is 0 Å². The Morgan fingerprint density at radius 1 is 0.844 bits per heavy atom. The van der Waals surface area contributed by atoms with Crippen LogP contribution in [0.1, 0.15) is 117 Å². The van der Waals surface area contributed by atoms with Gasteiger partial charge in [-0.05, 0) is 13.3 Å². The highest BCUT2D eigenvalue weighted by molar-refractivity contribution is 5.86. The fourth-order valence-electron chi connectivity index (χ4n) is 4.11. The summed E-state index contributed by atoms with van der Waals surface area (Å²) < 4.78 is 5.90. The van der Waals surface area contributed by atoms with E-state index in [9.17, 15) is 9.90 Å². The number of esters is 1. The van der Waals surface area contributed by atoms with Gasteiger partial charge >= 0.3 is 5.97 Å². The van der Waals surface area contributed by atoms with Crippen molar-refractivity contribution in [2.75, 3.05) is 33.8 Å². The van der Waals surface area contributed by atoms with Crippen molar-refractivity contribution in [2.45, 2.75) is 123 Å². The molecule has 0 radical (unpaired) electrons. The fraction of sp³-hybridized carbons (Fsp3) is 0.889. The minimum Gasteiger partial charge on any atom is -1.00 e. The maximum absolute atomic E-state index is 11.4. The van der Waals surface area contributed by atoms with Gasteiger partial charge in [0.2, 0.25) is 0 Å². The molecular weight excluding hydrogens is 422 g/mol. The maximum Gasteiger partial charge on any atom is 0.333 e. The number of quaternary nitrogens is 1. The number of ether oxygens (including phenoxy) is 1. The summed E-state index contributed by atoms with van der Waals surface area (Å²) in [5.41, 5.74) is 0.442. The van der Waals surface area contributed by atoms with E-state index in [1.807, 2.05) is 0 Å². The third-order valence-electron chi connectivity index (χ3n) is 6.09. The lowest BCUT2D eigenvalue weighted by molar-refractivity contribution is -0.893. The molecule has 0 aliphatic heterocycles. The van der Waals surface area contributed by atoms with Crippen LogP contribution < -0.4 is 12.4 Å². The zero-order chi connectivity index (χ0) is 23.4. The van der Waals surface area contributed by atoms with Gasteiger partial charge in [-0.3, -0.25) is 0 Å². The Balaban J connectivity index is 0. The summed E-state index contributed by atoms with van der Waals surface area (Å²) in [4.78, 5) is 11.4. The molecule has 0 amide bonds. The van der Waals surface area contributed by atoms with E-state index in [2.05, 4.69) is 27.6 Å². The van der Waals surface area contributed by atoms with Crippen LogP contribution in [0.15, 0.2) is 12.2 Å². The molecule has 1 unspecified atom stereocenters. The van der Waals surface area contributed by atoms with E-state index in [0.717, 1.165) is 36.8 Å². The molecule has 4 nitrogen and oxygen atoms in total. The highest BCUT2D eigenvalue weighted by atomic mass is 35.5. The molecule has 0 saturated carbocycles. The van der Waals surface area contributed by atoms with Crippen LogP contribution in [-0.4, -0.2) is 55.5 Å². The molecule has 0 aliphatic carbocycles. The summed E-state index contributed by atoms with van der Waals surface area (Å²) >= 11 is 0. The number of carbonyl (C=O) groups excluding carboxylic acids is 1. The number of halogens is 1. The molecule has 0 aromatic carbocycles. The Morgan fingerprint density at radius 2 is 1.28 bits per heavy atom. The monoisotopic (exact) mass is 475 g/mol. The highest BCUT2D eigenvalue weighted by Crippen LogP contribution is 2.14. The van der Waals surface area contributed by atoms with Crippen molar-refractivity contribution >= 4 is 5.97 Å². The van der Waals surface area contributed by atoms with E-state index < -0.39 is 0 Å². The van der Waals surface area contributed by atoms with Crippen molar-refractivity contribution in [1.29, 1.82) is 0 Å². The lowest BCUT2D eigenvalue weighted by atomic mass is 10.0. The van der Waals surface area contributed by atoms with Crippen molar-refractivity contribution < 1.29 is 31.5 Å². The highest BCUT2D eigenvalue weighted by Gasteiger charge is 2.20. The van der Waals surface area contributed by atoms with Gasteiger partial charge in [-0.2, -0.15) is 0 Å². The minimum absolute atomic E-state index is 0. The molecule has 0 rings (SSSR count). The van der Waals surface area contributed by atoms with E-state index in [1.54, 1.807) is 6.92 Å². The predicted octanol–water partition coefficient (Wildman–Crippen LogP) is 3.81. The summed E-state index contributed by atoms with van der Waals surface area (Å²) in [6.07, 6.45) is 20.5. The Morgan fingerprint density at radius 3 is 1.72 bits per heavy atom. The van der Waals surface area contributed by atoms with Gasteiger partial charge in [0.25, 0.3) is 0 Å². The number of likely N-dealkylation sites (N-methyl/N-ethyl adjacent to an activating group) is 1. The van der Waals surface area contributed by atoms with Gasteiger partial charge in [0.15, 0.2) is 0 Å². The summed E-state index contributed by atoms with van der Waals surface area (Å²) in [7, 11) is 4.27. The number of hydrogen-bond acceptors (Lipinski definition) is 3. The normalized spacial score (nSPS) is 12.3. The third kappa shape index (κ3) is 22.6. The molecule has 0 aromatic heterocycles. The van der Waals surface area contributed by atoms with Gasteiger partial charge in [0, 0.05) is 12.0 Å². The van der Waals surface area contributed by atoms with Crippen LogP contribution in [0.5, 0.6) is 0 Å². The topological polar surface area (TPSA) is 46.5 Å². The van der Waals surface area contributed by atoms with E-state index in [1.165, 1.54) is 83.5 Å². The number of carbonyl (C=O) groups is 1. The average molecular weight is 476 g/mol. The first-order valence-corrected chi connectivity index (χ1v) is 13.1. The van der Waals surface area contributed by atoms with Crippen molar-refractivity contribution in [1.82, 2.24) is 0 Å². The second-order valence-corrected chi connectivity index (χ2v) is 10.2. The first-order chi connectivity index (χ1) is 14.8. The van der Waals surface area contributed by atoms with Gasteiger partial charge in [-0.25, -0.2) is 4.79 Å². The molecule has 5 heteroatoms. The largest absolute Gasteiger partial charge is 1.00 e. The predicted molar refractivity (Wildman–Crippen MR) is 133 cm³/mol. The van der Waals surface area contributed by atoms with Gasteiger partial charge in [-0.1, -0.05) is 103 Å². The smallest absolute Gasteiger partial charge is 0.333 e. The lowest BCUT2D eigenvalue weighted by Crippen LogP contribution is -3.00. The molecule has 0 aromatic rings. The second-order valence-electron chi connectivity index (χ2n) is 10.2. The molecule has 0 aliphatic rings. The Hall–Kier alpha value is -0.580. The van der Waals surface area contributed by atoms with Crippen molar-refractivity contribution in [3.05, 3.63) is 12.2 Å². The van der Waals surface area contributed by atoms with Crippen LogP contribution in [0.25, 0.3) is 0 Å². The number of rotatable bonds is 22. The minimum atomic E-state index is -0.317. The van der Waals surface area contributed by atoms with Crippen LogP contribution in [0.3, 0.4) is 0 Å². The van der Waals surface area contributed by atoms with Crippen molar-refractivity contribution in [3.63, 3.8) is 0 Å². The number of aliphatic hydroxyl groups excluding tert-OH is 1. The van der Waals surface area contributed by atoms with E-state index in [4.69, 9.17) is 4.74 Å². The van der Waals surface area contributed by atoms with Crippen LogP contribution in [0.2, 0.25) is 0 Å². The number of hydrogen-bond donors (Lipinski definition) is 1. The number of unbranched alkanes of at least 4 members (excludes halogenated alkanes) is 13. The van der Waals surface area contributed by atoms with Crippen LogP contribution in [-0.2, 0) is 9.53 Å². The first-order valence-electron chi connectivity index (χ1n) is 13.1. The maximum atomic E-state index is 11.4. The second kappa shape index (κ2) is 22.2. The number of nitrogens with zero attached hydrogens (tertiary/aromatic N) is 1.